The normalized spacial score (nSPS) is 12.8. The first-order chi connectivity index (χ1) is 10.9. The van der Waals surface area contributed by atoms with Crippen molar-refractivity contribution in [2.45, 2.75) is 31.5 Å². The molecule has 0 aliphatic carbocycles. The Morgan fingerprint density at radius 3 is 2.42 bits per heavy atom. The number of hydrogen-bond acceptors (Lipinski definition) is 4. The molecular weight excluding hydrogens is 369 g/mol. The Bertz CT molecular complexity index is 843. The summed E-state index contributed by atoms with van der Waals surface area (Å²) in [5.41, 5.74) is -0.0370. The summed E-state index contributed by atoms with van der Waals surface area (Å²) in [5, 5.41) is 3.43. The van der Waals surface area contributed by atoms with Crippen LogP contribution in [0.15, 0.2) is 27.6 Å². The smallest absolute Gasteiger partial charge is 0.361 e. The third kappa shape index (κ3) is 3.57. The predicted molar refractivity (Wildman–Crippen MR) is 81.1 cm³/mol. The molecule has 0 unspecified atom stereocenters. The molecule has 0 saturated carbocycles. The van der Waals surface area contributed by atoms with Gasteiger partial charge in [-0.15, -0.1) is 0 Å². The van der Waals surface area contributed by atoms with Crippen molar-refractivity contribution in [1.82, 2.24) is 9.46 Å². The number of alkyl halides is 3. The van der Waals surface area contributed by atoms with Crippen molar-refractivity contribution in [1.29, 1.82) is 0 Å². The van der Waals surface area contributed by atoms with Crippen LogP contribution in [0.1, 0.15) is 22.6 Å². The fourth-order valence-corrected chi connectivity index (χ4v) is 3.72. The predicted octanol–water partition coefficient (Wildman–Crippen LogP) is 3.78. The van der Waals surface area contributed by atoms with E-state index >= 15 is 0 Å². The van der Waals surface area contributed by atoms with Gasteiger partial charge in [0.1, 0.15) is 10.7 Å². The van der Waals surface area contributed by atoms with Crippen LogP contribution in [0.3, 0.4) is 0 Å². The van der Waals surface area contributed by atoms with Crippen molar-refractivity contribution in [3.05, 3.63) is 45.8 Å². The Hall–Kier alpha value is -1.58. The van der Waals surface area contributed by atoms with Crippen LogP contribution >= 0.6 is 11.6 Å². The van der Waals surface area contributed by atoms with Crippen LogP contribution in [0.25, 0.3) is 0 Å². The summed E-state index contributed by atoms with van der Waals surface area (Å²) in [6.07, 6.45) is -4.67. The average molecular weight is 383 g/mol. The standard InChI is InChI=1S/C14H14ClF3N2O3S/c1-8-11(9(2)23-19-8)7-20(3)24(21,22)13-6-10(14(16,17)18)4-5-12(13)15/h4-6H,7H2,1-3H3. The number of benzene rings is 1. The molecule has 0 aliphatic heterocycles. The maximum atomic E-state index is 12.8. The van der Waals surface area contributed by atoms with Crippen LogP contribution < -0.4 is 0 Å². The van der Waals surface area contributed by atoms with Gasteiger partial charge in [-0.2, -0.15) is 17.5 Å². The first-order valence-electron chi connectivity index (χ1n) is 6.69. The maximum absolute atomic E-state index is 12.8. The fraction of sp³-hybridized carbons (Fsp3) is 0.357. The Balaban J connectivity index is 2.43. The summed E-state index contributed by atoms with van der Waals surface area (Å²) in [5.74, 6) is 0.435. The second kappa shape index (κ2) is 6.38. The number of aromatic nitrogens is 1. The van der Waals surface area contributed by atoms with Gasteiger partial charge in [0.15, 0.2) is 0 Å². The van der Waals surface area contributed by atoms with Crippen LogP contribution in [0.2, 0.25) is 5.02 Å². The number of aryl methyl sites for hydroxylation is 2. The van der Waals surface area contributed by atoms with E-state index in [1.165, 1.54) is 7.05 Å². The Labute approximate surface area is 142 Å². The lowest BCUT2D eigenvalue weighted by atomic mass is 10.2. The van der Waals surface area contributed by atoms with Gasteiger partial charge in [-0.05, 0) is 32.0 Å². The van der Waals surface area contributed by atoms with Crippen LogP contribution in [-0.4, -0.2) is 24.9 Å². The second-order valence-electron chi connectivity index (χ2n) is 5.21. The zero-order valence-corrected chi connectivity index (χ0v) is 14.6. The lowest BCUT2D eigenvalue weighted by Gasteiger charge is -2.19. The summed E-state index contributed by atoms with van der Waals surface area (Å²) in [7, 11) is -2.98. The molecule has 1 aromatic heterocycles. The van der Waals surface area contributed by atoms with Gasteiger partial charge in [-0.3, -0.25) is 0 Å². The van der Waals surface area contributed by atoms with Crippen LogP contribution in [0.5, 0.6) is 0 Å². The number of nitrogens with zero attached hydrogens (tertiary/aromatic N) is 2. The Morgan fingerprint density at radius 2 is 1.92 bits per heavy atom. The van der Waals surface area contributed by atoms with Gasteiger partial charge >= 0.3 is 6.18 Å². The van der Waals surface area contributed by atoms with Crippen molar-refractivity contribution >= 4 is 21.6 Å². The van der Waals surface area contributed by atoms with E-state index in [0.717, 1.165) is 16.4 Å². The quantitative estimate of drug-likeness (QED) is 0.807. The molecule has 0 bridgehead atoms. The van der Waals surface area contributed by atoms with Gasteiger partial charge in [-0.1, -0.05) is 16.8 Å². The Kier molecular flexibility index (Phi) is 4.98. The highest BCUT2D eigenvalue weighted by Gasteiger charge is 2.34. The minimum absolute atomic E-state index is 0.101. The molecule has 10 heteroatoms. The van der Waals surface area contributed by atoms with Crippen molar-refractivity contribution in [2.24, 2.45) is 0 Å². The number of rotatable bonds is 4. The molecule has 0 aliphatic rings. The summed E-state index contributed by atoms with van der Waals surface area (Å²) >= 11 is 5.82. The van der Waals surface area contributed by atoms with Gasteiger partial charge in [0.2, 0.25) is 10.0 Å². The lowest BCUT2D eigenvalue weighted by Crippen LogP contribution is -2.27. The highest BCUT2D eigenvalue weighted by molar-refractivity contribution is 7.89. The molecule has 0 spiro atoms. The Morgan fingerprint density at radius 1 is 1.29 bits per heavy atom. The van der Waals surface area contributed by atoms with Crippen molar-refractivity contribution in [3.63, 3.8) is 0 Å². The molecule has 2 aromatic rings. The van der Waals surface area contributed by atoms with Gasteiger partial charge in [0.05, 0.1) is 16.3 Å². The number of sulfonamides is 1. The van der Waals surface area contributed by atoms with Gasteiger partial charge < -0.3 is 4.52 Å². The fourth-order valence-electron chi connectivity index (χ4n) is 2.08. The van der Waals surface area contributed by atoms with E-state index in [0.29, 0.717) is 23.1 Å². The first-order valence-corrected chi connectivity index (χ1v) is 8.51. The summed E-state index contributed by atoms with van der Waals surface area (Å²) in [6.45, 7) is 3.16. The molecule has 0 atom stereocenters. The van der Waals surface area contributed by atoms with E-state index in [2.05, 4.69) is 5.16 Å². The van der Waals surface area contributed by atoms with Crippen molar-refractivity contribution < 1.29 is 26.1 Å². The molecule has 0 saturated heterocycles. The molecule has 0 amide bonds. The molecule has 5 nitrogen and oxygen atoms in total. The van der Waals surface area contributed by atoms with Gasteiger partial charge in [-0.25, -0.2) is 8.42 Å². The largest absolute Gasteiger partial charge is 0.416 e. The van der Waals surface area contributed by atoms with E-state index in [1.54, 1.807) is 13.8 Å². The third-order valence-corrected chi connectivity index (χ3v) is 5.79. The molecule has 132 valence electrons. The average Bonchev–Trinajstić information content (AvgIpc) is 2.78. The molecular formula is C14H14ClF3N2O3S. The molecule has 1 aromatic carbocycles. The zero-order valence-electron chi connectivity index (χ0n) is 13.0. The van der Waals surface area contributed by atoms with E-state index < -0.39 is 26.7 Å². The highest BCUT2D eigenvalue weighted by atomic mass is 35.5. The maximum Gasteiger partial charge on any atom is 0.416 e. The minimum atomic E-state index is -4.67. The molecule has 0 radical (unpaired) electrons. The topological polar surface area (TPSA) is 63.4 Å². The van der Waals surface area contributed by atoms with E-state index in [9.17, 15) is 21.6 Å². The number of hydrogen-bond donors (Lipinski definition) is 0. The lowest BCUT2D eigenvalue weighted by molar-refractivity contribution is -0.137. The SMILES string of the molecule is Cc1noc(C)c1CN(C)S(=O)(=O)c1cc(C(F)(F)F)ccc1Cl. The molecule has 0 fully saturated rings. The third-order valence-electron chi connectivity index (χ3n) is 3.51. The van der Waals surface area contributed by atoms with E-state index in [4.69, 9.17) is 16.1 Å². The molecule has 2 rings (SSSR count). The highest BCUT2D eigenvalue weighted by Crippen LogP contribution is 2.34. The monoisotopic (exact) mass is 382 g/mol. The summed E-state index contributed by atoms with van der Waals surface area (Å²) in [4.78, 5) is -0.603. The summed E-state index contributed by atoms with van der Waals surface area (Å²) in [6, 6.07) is 2.18. The van der Waals surface area contributed by atoms with Gasteiger partial charge in [0, 0.05) is 19.2 Å². The number of halogens is 4. The first kappa shape index (κ1) is 18.8. The van der Waals surface area contributed by atoms with Crippen LogP contribution in [0, 0.1) is 13.8 Å². The van der Waals surface area contributed by atoms with E-state index in [1.807, 2.05) is 0 Å². The van der Waals surface area contributed by atoms with Crippen LogP contribution in [-0.2, 0) is 22.7 Å². The van der Waals surface area contributed by atoms with Crippen LogP contribution in [0.4, 0.5) is 13.2 Å². The van der Waals surface area contributed by atoms with Gasteiger partial charge in [0.25, 0.3) is 0 Å². The molecule has 0 N–H and O–H groups in total. The molecule has 24 heavy (non-hydrogen) atoms. The molecule has 1 heterocycles. The van der Waals surface area contributed by atoms with Crippen molar-refractivity contribution in [2.75, 3.05) is 7.05 Å². The van der Waals surface area contributed by atoms with Crippen molar-refractivity contribution in [3.8, 4) is 0 Å². The minimum Gasteiger partial charge on any atom is -0.361 e. The zero-order chi connectivity index (χ0) is 18.3. The van der Waals surface area contributed by atoms with E-state index in [-0.39, 0.29) is 11.6 Å². The summed E-state index contributed by atoms with van der Waals surface area (Å²) < 4.78 is 69.6. The second-order valence-corrected chi connectivity index (χ2v) is 7.63.